The van der Waals surface area contributed by atoms with Crippen LogP contribution < -0.4 is 5.32 Å². The lowest BCUT2D eigenvalue weighted by molar-refractivity contribution is 0.297. The first kappa shape index (κ1) is 21.5. The number of rotatable bonds is 7. The Morgan fingerprint density at radius 3 is 2.28 bits per heavy atom. The molecule has 0 heterocycles. The summed E-state index contributed by atoms with van der Waals surface area (Å²) in [5.41, 5.74) is 1.40. The van der Waals surface area contributed by atoms with Crippen LogP contribution in [0.4, 0.5) is 5.69 Å². The minimum absolute atomic E-state index is 0.0264. The SMILES string of the molecule is O=S(=O)(c1ccc(Cl)cc1)c1ccccc1CNc1cc(Cl)cc(CCO)c1O. The summed E-state index contributed by atoms with van der Waals surface area (Å²) in [5, 5.41) is 23.4. The molecule has 8 heteroatoms. The highest BCUT2D eigenvalue weighted by Gasteiger charge is 2.21. The zero-order valence-electron chi connectivity index (χ0n) is 15.3. The molecule has 3 aromatic carbocycles. The predicted molar refractivity (Wildman–Crippen MR) is 115 cm³/mol. The first-order valence-corrected chi connectivity index (χ1v) is 11.0. The van der Waals surface area contributed by atoms with Gasteiger partial charge in [-0.3, -0.25) is 0 Å². The number of halogens is 2. The van der Waals surface area contributed by atoms with Gasteiger partial charge in [-0.25, -0.2) is 8.42 Å². The van der Waals surface area contributed by atoms with E-state index in [2.05, 4.69) is 5.32 Å². The molecule has 0 saturated carbocycles. The summed E-state index contributed by atoms with van der Waals surface area (Å²) < 4.78 is 26.1. The fourth-order valence-corrected chi connectivity index (χ4v) is 4.80. The van der Waals surface area contributed by atoms with Gasteiger partial charge in [0.2, 0.25) is 9.84 Å². The number of aliphatic hydroxyl groups excluding tert-OH is 1. The van der Waals surface area contributed by atoms with Crippen molar-refractivity contribution in [2.45, 2.75) is 22.8 Å². The fourth-order valence-electron chi connectivity index (χ4n) is 2.94. The second-order valence-electron chi connectivity index (χ2n) is 6.35. The molecule has 3 rings (SSSR count). The van der Waals surface area contributed by atoms with Gasteiger partial charge in [-0.15, -0.1) is 0 Å². The molecule has 0 fully saturated rings. The number of nitrogens with one attached hydrogen (secondary N) is 1. The Kier molecular flexibility index (Phi) is 6.70. The van der Waals surface area contributed by atoms with Crippen molar-refractivity contribution in [2.75, 3.05) is 11.9 Å². The number of hydrogen-bond donors (Lipinski definition) is 3. The molecular formula is C21H19Cl2NO4S. The van der Waals surface area contributed by atoms with Crippen LogP contribution in [0.15, 0.2) is 70.5 Å². The number of phenols is 1. The minimum atomic E-state index is -3.75. The average Bonchev–Trinajstić information content (AvgIpc) is 2.70. The van der Waals surface area contributed by atoms with Crippen molar-refractivity contribution in [2.24, 2.45) is 0 Å². The molecule has 29 heavy (non-hydrogen) atoms. The van der Waals surface area contributed by atoms with E-state index in [1.54, 1.807) is 30.3 Å². The van der Waals surface area contributed by atoms with E-state index < -0.39 is 9.84 Å². The summed E-state index contributed by atoms with van der Waals surface area (Å²) in [7, 11) is -3.75. The van der Waals surface area contributed by atoms with Gasteiger partial charge >= 0.3 is 0 Å². The molecule has 0 spiro atoms. The minimum Gasteiger partial charge on any atom is -0.505 e. The number of benzene rings is 3. The highest BCUT2D eigenvalue weighted by Crippen LogP contribution is 2.33. The van der Waals surface area contributed by atoms with Crippen molar-refractivity contribution < 1.29 is 18.6 Å². The lowest BCUT2D eigenvalue weighted by atomic mass is 10.1. The van der Waals surface area contributed by atoms with E-state index >= 15 is 0 Å². The van der Waals surface area contributed by atoms with Crippen LogP contribution in [0, 0.1) is 0 Å². The second-order valence-corrected chi connectivity index (χ2v) is 9.14. The van der Waals surface area contributed by atoms with E-state index in [1.807, 2.05) is 0 Å². The summed E-state index contributed by atoms with van der Waals surface area (Å²) in [6.45, 7) is 0.0188. The number of phenolic OH excluding ortho intramolecular Hbond substituents is 1. The van der Waals surface area contributed by atoms with Crippen molar-refractivity contribution in [3.8, 4) is 5.75 Å². The third-order valence-corrected chi connectivity index (χ3v) is 6.73. The molecule has 0 unspecified atom stereocenters. The van der Waals surface area contributed by atoms with Gasteiger partial charge in [0.1, 0.15) is 5.75 Å². The van der Waals surface area contributed by atoms with E-state index in [-0.39, 0.29) is 35.1 Å². The molecule has 5 nitrogen and oxygen atoms in total. The quantitative estimate of drug-likeness (QED) is 0.454. The third-order valence-electron chi connectivity index (χ3n) is 4.39. The lowest BCUT2D eigenvalue weighted by Crippen LogP contribution is -2.09. The monoisotopic (exact) mass is 451 g/mol. The average molecular weight is 452 g/mol. The zero-order valence-corrected chi connectivity index (χ0v) is 17.6. The van der Waals surface area contributed by atoms with Gasteiger partial charge in [-0.2, -0.15) is 0 Å². The van der Waals surface area contributed by atoms with Crippen LogP contribution in [0.1, 0.15) is 11.1 Å². The number of aromatic hydroxyl groups is 1. The molecule has 0 aliphatic rings. The molecule has 152 valence electrons. The first-order valence-electron chi connectivity index (χ1n) is 8.77. The summed E-state index contributed by atoms with van der Waals surface area (Å²) >= 11 is 12.0. The maximum Gasteiger partial charge on any atom is 0.206 e. The number of aliphatic hydroxyl groups is 1. The molecule has 3 aromatic rings. The Hall–Kier alpha value is -2.25. The van der Waals surface area contributed by atoms with Crippen LogP contribution in [0.2, 0.25) is 10.0 Å². The zero-order chi connectivity index (χ0) is 21.0. The standard InChI is InChI=1S/C21H19Cl2NO4S/c22-16-5-7-18(8-6-16)29(27,28)20-4-2-1-3-15(20)13-24-19-12-17(23)11-14(9-10-25)21(19)26/h1-8,11-12,24-26H,9-10,13H2. The lowest BCUT2D eigenvalue weighted by Gasteiger charge is -2.15. The topological polar surface area (TPSA) is 86.6 Å². The molecule has 0 saturated heterocycles. The second kappa shape index (κ2) is 9.05. The normalized spacial score (nSPS) is 11.4. The van der Waals surface area contributed by atoms with Crippen molar-refractivity contribution in [3.63, 3.8) is 0 Å². The van der Waals surface area contributed by atoms with Crippen LogP contribution in [0.25, 0.3) is 0 Å². The molecule has 0 aromatic heterocycles. The van der Waals surface area contributed by atoms with Gasteiger partial charge in [0, 0.05) is 23.2 Å². The van der Waals surface area contributed by atoms with E-state index in [0.29, 0.717) is 26.9 Å². The number of anilines is 1. The molecule has 0 aliphatic heterocycles. The van der Waals surface area contributed by atoms with E-state index in [4.69, 9.17) is 28.3 Å². The van der Waals surface area contributed by atoms with Crippen LogP contribution in [0.3, 0.4) is 0 Å². The van der Waals surface area contributed by atoms with Gasteiger partial charge in [-0.1, -0.05) is 41.4 Å². The van der Waals surface area contributed by atoms with Gasteiger partial charge in [0.25, 0.3) is 0 Å². The Morgan fingerprint density at radius 1 is 0.897 bits per heavy atom. The number of sulfone groups is 1. The largest absolute Gasteiger partial charge is 0.505 e. The molecule has 0 bridgehead atoms. The summed E-state index contributed by atoms with van der Waals surface area (Å²) in [6.07, 6.45) is 0.253. The summed E-state index contributed by atoms with van der Waals surface area (Å²) in [5.74, 6) is -0.0264. The van der Waals surface area contributed by atoms with E-state index in [9.17, 15) is 13.5 Å². The molecule has 0 amide bonds. The van der Waals surface area contributed by atoms with Crippen LogP contribution >= 0.6 is 23.2 Å². The predicted octanol–water partition coefficient (Wildman–Crippen LogP) is 4.68. The smallest absolute Gasteiger partial charge is 0.206 e. The molecule has 3 N–H and O–H groups in total. The van der Waals surface area contributed by atoms with Crippen LogP contribution in [-0.2, 0) is 22.8 Å². The van der Waals surface area contributed by atoms with E-state index in [1.165, 1.54) is 30.3 Å². The van der Waals surface area contributed by atoms with Gasteiger partial charge < -0.3 is 15.5 Å². The molecular weight excluding hydrogens is 433 g/mol. The highest BCUT2D eigenvalue weighted by molar-refractivity contribution is 7.91. The van der Waals surface area contributed by atoms with Gasteiger partial charge in [0.05, 0.1) is 15.5 Å². The Labute approximate surface area is 179 Å². The highest BCUT2D eigenvalue weighted by atomic mass is 35.5. The van der Waals surface area contributed by atoms with Crippen molar-refractivity contribution in [1.29, 1.82) is 0 Å². The molecule has 0 atom stereocenters. The van der Waals surface area contributed by atoms with Crippen molar-refractivity contribution >= 4 is 38.7 Å². The maximum atomic E-state index is 13.1. The molecule has 0 aliphatic carbocycles. The van der Waals surface area contributed by atoms with E-state index in [0.717, 1.165) is 0 Å². The Balaban J connectivity index is 1.92. The van der Waals surface area contributed by atoms with Crippen LogP contribution in [-0.4, -0.2) is 25.2 Å². The first-order chi connectivity index (χ1) is 13.8. The summed E-state index contributed by atoms with van der Waals surface area (Å²) in [6, 6.07) is 15.8. The fraction of sp³-hybridized carbons (Fsp3) is 0.143. The Morgan fingerprint density at radius 2 is 1.59 bits per heavy atom. The number of hydrogen-bond acceptors (Lipinski definition) is 5. The summed E-state index contributed by atoms with van der Waals surface area (Å²) in [4.78, 5) is 0.303. The Bertz CT molecular complexity index is 1120. The van der Waals surface area contributed by atoms with Gasteiger partial charge in [-0.05, 0) is 60.0 Å². The molecule has 0 radical (unpaired) electrons. The van der Waals surface area contributed by atoms with Crippen molar-refractivity contribution in [3.05, 3.63) is 81.8 Å². The van der Waals surface area contributed by atoms with Crippen molar-refractivity contribution in [1.82, 2.24) is 0 Å². The van der Waals surface area contributed by atoms with Gasteiger partial charge in [0.15, 0.2) is 0 Å². The van der Waals surface area contributed by atoms with Crippen LogP contribution in [0.5, 0.6) is 5.75 Å². The third kappa shape index (κ3) is 4.85. The maximum absolute atomic E-state index is 13.1.